The molecule has 232 valence electrons. The van der Waals surface area contributed by atoms with Gasteiger partial charge in [-0.15, -0.1) is 0 Å². The number of nitrogens with two attached hydrogens (primary N) is 1. The highest BCUT2D eigenvalue weighted by Crippen LogP contribution is 2.30. The Bertz CT molecular complexity index is 995. The molecule has 0 heterocycles. The molecule has 41 heavy (non-hydrogen) atoms. The highest BCUT2D eigenvalue weighted by Gasteiger charge is 2.23. The Morgan fingerprint density at radius 3 is 1.85 bits per heavy atom. The number of hydrogen-bond donors (Lipinski definition) is 1. The van der Waals surface area contributed by atoms with Crippen molar-refractivity contribution in [1.82, 2.24) is 0 Å². The highest BCUT2D eigenvalue weighted by atomic mass is 16.8. The summed E-state index contributed by atoms with van der Waals surface area (Å²) < 4.78 is 36.2. The van der Waals surface area contributed by atoms with Gasteiger partial charge in [-0.1, -0.05) is 47.1 Å². The van der Waals surface area contributed by atoms with E-state index >= 15 is 0 Å². The van der Waals surface area contributed by atoms with Crippen LogP contribution in [0.2, 0.25) is 0 Å². The van der Waals surface area contributed by atoms with Gasteiger partial charge in [-0.2, -0.15) is 0 Å². The van der Waals surface area contributed by atoms with Crippen molar-refractivity contribution in [2.45, 2.75) is 99.0 Å². The maximum absolute atomic E-state index is 12.5. The zero-order chi connectivity index (χ0) is 31.1. The van der Waals surface area contributed by atoms with Crippen molar-refractivity contribution in [3.8, 4) is 11.5 Å². The van der Waals surface area contributed by atoms with Crippen LogP contribution in [0.15, 0.2) is 18.2 Å². The third-order valence-corrected chi connectivity index (χ3v) is 6.07. The van der Waals surface area contributed by atoms with E-state index < -0.39 is 48.8 Å². The average molecular weight is 584 g/mol. The van der Waals surface area contributed by atoms with Gasteiger partial charge >= 0.3 is 24.4 Å². The van der Waals surface area contributed by atoms with Crippen LogP contribution < -0.4 is 15.2 Å². The summed E-state index contributed by atoms with van der Waals surface area (Å²) in [6.07, 6.45) is -2.82. The molecular weight excluding hydrogens is 538 g/mol. The molecule has 12 nitrogen and oxygen atoms in total. The van der Waals surface area contributed by atoms with Gasteiger partial charge in [-0.3, -0.25) is 4.79 Å². The van der Waals surface area contributed by atoms with Crippen LogP contribution >= 0.6 is 0 Å². The lowest BCUT2D eigenvalue weighted by Crippen LogP contribution is -2.36. The number of carbonyl (C=O) groups is 4. The molecule has 0 fully saturated rings. The molecule has 0 amide bonds. The largest absolute Gasteiger partial charge is 0.514 e. The molecule has 0 aromatic heterocycles. The van der Waals surface area contributed by atoms with Crippen LogP contribution in [0.1, 0.15) is 73.8 Å². The molecule has 0 saturated heterocycles. The van der Waals surface area contributed by atoms with Crippen molar-refractivity contribution in [3.05, 3.63) is 23.8 Å². The number of carbonyl (C=O) groups excluding carboxylic acids is 4. The highest BCUT2D eigenvalue weighted by molar-refractivity contribution is 5.76. The van der Waals surface area contributed by atoms with Gasteiger partial charge in [0.1, 0.15) is 31.0 Å². The molecule has 0 bridgehead atoms. The SMILES string of the molecule is CCCCOC(=O)O[C@@H](C)COC(=O)[C@@H](N)Cc1ccc(OC(=O)OC(C)C(C)C)c(OC(=O)OC(C)C(C)C)c1. The molecule has 0 spiro atoms. The Balaban J connectivity index is 2.89. The topological polar surface area (TPSA) is 159 Å². The second-order valence-electron chi connectivity index (χ2n) is 10.4. The van der Waals surface area contributed by atoms with Crippen molar-refractivity contribution < 1.29 is 52.3 Å². The molecule has 0 radical (unpaired) electrons. The van der Waals surface area contributed by atoms with Crippen LogP contribution in [-0.2, 0) is 34.9 Å². The minimum Gasteiger partial charge on any atom is -0.461 e. The van der Waals surface area contributed by atoms with E-state index in [1.807, 2.05) is 34.6 Å². The van der Waals surface area contributed by atoms with Gasteiger partial charge < -0.3 is 38.9 Å². The Kier molecular flexibility index (Phi) is 15.6. The van der Waals surface area contributed by atoms with Gasteiger partial charge in [0.25, 0.3) is 0 Å². The summed E-state index contributed by atoms with van der Waals surface area (Å²) >= 11 is 0. The quantitative estimate of drug-likeness (QED) is 0.119. The van der Waals surface area contributed by atoms with Crippen molar-refractivity contribution in [3.63, 3.8) is 0 Å². The Morgan fingerprint density at radius 1 is 0.756 bits per heavy atom. The summed E-state index contributed by atoms with van der Waals surface area (Å²) in [6, 6.07) is 3.25. The fourth-order valence-electron chi connectivity index (χ4n) is 2.82. The fraction of sp³-hybridized carbons (Fsp3) is 0.655. The molecule has 2 unspecified atom stereocenters. The van der Waals surface area contributed by atoms with E-state index in [1.54, 1.807) is 26.8 Å². The molecule has 0 aliphatic carbocycles. The maximum atomic E-state index is 12.5. The first kappa shape index (κ1) is 35.5. The van der Waals surface area contributed by atoms with E-state index in [4.69, 9.17) is 38.9 Å². The second-order valence-corrected chi connectivity index (χ2v) is 10.4. The molecule has 1 aromatic rings. The van der Waals surface area contributed by atoms with Crippen molar-refractivity contribution in [2.24, 2.45) is 17.6 Å². The maximum Gasteiger partial charge on any atom is 0.514 e. The van der Waals surface area contributed by atoms with Gasteiger partial charge in [0.15, 0.2) is 11.5 Å². The lowest BCUT2D eigenvalue weighted by atomic mass is 10.1. The first-order valence-corrected chi connectivity index (χ1v) is 13.9. The number of ether oxygens (including phenoxy) is 7. The van der Waals surface area contributed by atoms with E-state index in [1.165, 1.54) is 12.1 Å². The Hall–Kier alpha value is -3.54. The van der Waals surface area contributed by atoms with Gasteiger partial charge in [-0.05, 0) is 63.1 Å². The minimum absolute atomic E-state index is 0.00392. The van der Waals surface area contributed by atoms with E-state index in [0.717, 1.165) is 6.42 Å². The van der Waals surface area contributed by atoms with E-state index in [0.29, 0.717) is 12.0 Å². The van der Waals surface area contributed by atoms with E-state index in [-0.39, 0.29) is 43.0 Å². The summed E-state index contributed by atoms with van der Waals surface area (Å²) in [6.45, 7) is 14.5. The third kappa shape index (κ3) is 14.1. The number of unbranched alkanes of at least 4 members (excludes halogenated alkanes) is 1. The lowest BCUT2D eigenvalue weighted by molar-refractivity contribution is -0.148. The van der Waals surface area contributed by atoms with Crippen LogP contribution in [0.3, 0.4) is 0 Å². The zero-order valence-electron chi connectivity index (χ0n) is 25.3. The minimum atomic E-state index is -1.09. The van der Waals surface area contributed by atoms with Gasteiger partial charge in [0.05, 0.1) is 6.61 Å². The van der Waals surface area contributed by atoms with Gasteiger partial charge in [0.2, 0.25) is 0 Å². The van der Waals surface area contributed by atoms with Gasteiger partial charge in [-0.25, -0.2) is 14.4 Å². The standard InChI is InChI=1S/C29H45NO11/c1-9-10-13-35-27(32)37-19(6)16-36-26(31)23(30)14-22-11-12-24(40-28(33)38-20(7)17(2)3)25(15-22)41-29(34)39-21(8)18(4)5/h11-12,15,17-21,23H,9-10,13-14,16,30H2,1-8H3/t19-,20?,21?,23-/m0/s1. The summed E-state index contributed by atoms with van der Waals surface area (Å²) in [4.78, 5) is 48.8. The molecule has 12 heteroatoms. The van der Waals surface area contributed by atoms with Crippen LogP contribution in [0.25, 0.3) is 0 Å². The Morgan fingerprint density at radius 2 is 1.32 bits per heavy atom. The smallest absolute Gasteiger partial charge is 0.461 e. The summed E-state index contributed by atoms with van der Waals surface area (Å²) in [5.74, 6) is -0.845. The fourth-order valence-corrected chi connectivity index (χ4v) is 2.82. The molecule has 0 aliphatic rings. The van der Waals surface area contributed by atoms with E-state index in [9.17, 15) is 19.2 Å². The van der Waals surface area contributed by atoms with Gasteiger partial charge in [0, 0.05) is 0 Å². The first-order valence-electron chi connectivity index (χ1n) is 13.9. The molecule has 1 aromatic carbocycles. The van der Waals surface area contributed by atoms with Crippen LogP contribution in [0.4, 0.5) is 14.4 Å². The average Bonchev–Trinajstić information content (AvgIpc) is 2.88. The molecule has 0 saturated carbocycles. The zero-order valence-corrected chi connectivity index (χ0v) is 25.3. The van der Waals surface area contributed by atoms with Crippen LogP contribution in [-0.4, -0.2) is 62.0 Å². The van der Waals surface area contributed by atoms with E-state index in [2.05, 4.69) is 0 Å². The molecule has 4 atom stereocenters. The van der Waals surface area contributed by atoms with Crippen molar-refractivity contribution in [1.29, 1.82) is 0 Å². The third-order valence-electron chi connectivity index (χ3n) is 6.07. The Labute approximate surface area is 242 Å². The molecule has 2 N–H and O–H groups in total. The number of esters is 1. The van der Waals surface area contributed by atoms with Crippen LogP contribution in [0, 0.1) is 11.8 Å². The number of hydrogen-bond acceptors (Lipinski definition) is 12. The predicted molar refractivity (Wildman–Crippen MR) is 149 cm³/mol. The summed E-state index contributed by atoms with van der Waals surface area (Å²) in [5, 5.41) is 0. The summed E-state index contributed by atoms with van der Waals surface area (Å²) in [5.41, 5.74) is 6.51. The molecular formula is C29H45NO11. The monoisotopic (exact) mass is 583 g/mol. The van der Waals surface area contributed by atoms with Crippen molar-refractivity contribution >= 4 is 24.4 Å². The van der Waals surface area contributed by atoms with Crippen molar-refractivity contribution in [2.75, 3.05) is 13.2 Å². The summed E-state index contributed by atoms with van der Waals surface area (Å²) in [7, 11) is 0. The normalized spacial score (nSPS) is 13.9. The molecule has 1 rings (SSSR count). The predicted octanol–water partition coefficient (Wildman–Crippen LogP) is 5.56. The van der Waals surface area contributed by atoms with Crippen LogP contribution in [0.5, 0.6) is 11.5 Å². The second kappa shape index (κ2) is 18.0. The number of benzene rings is 1. The molecule has 0 aliphatic heterocycles. The first-order chi connectivity index (χ1) is 19.2. The lowest BCUT2D eigenvalue weighted by Gasteiger charge is -2.19. The number of rotatable bonds is 15.